The third-order valence-corrected chi connectivity index (χ3v) is 6.60. The minimum atomic E-state index is -0.495. The lowest BCUT2D eigenvalue weighted by atomic mass is 9.79. The molecule has 7 heteroatoms. The Kier molecular flexibility index (Phi) is 8.70. The molecule has 2 heterocycles. The summed E-state index contributed by atoms with van der Waals surface area (Å²) in [6, 6.07) is 8.15. The first-order valence-corrected chi connectivity index (χ1v) is 10.1. The van der Waals surface area contributed by atoms with Crippen LogP contribution in [0.2, 0.25) is 0 Å². The van der Waals surface area contributed by atoms with E-state index in [1.54, 1.807) is 0 Å². The fraction of sp³-hybridized carbons (Fsp3) is 0.632. The molecule has 146 valence electrons. The zero-order valence-corrected chi connectivity index (χ0v) is 16.7. The van der Waals surface area contributed by atoms with Crippen LogP contribution in [0.15, 0.2) is 24.3 Å². The van der Waals surface area contributed by atoms with Crippen LogP contribution in [0, 0.1) is 5.41 Å². The predicted molar refractivity (Wildman–Crippen MR) is 109 cm³/mol. The molecule has 3 rings (SSSR count). The van der Waals surface area contributed by atoms with E-state index in [1.807, 2.05) is 23.9 Å². The van der Waals surface area contributed by atoms with Crippen molar-refractivity contribution >= 4 is 35.8 Å². The first-order valence-electron chi connectivity index (χ1n) is 9.09. The van der Waals surface area contributed by atoms with Gasteiger partial charge in [0.05, 0.1) is 5.41 Å². The molecule has 3 N–H and O–H groups in total. The summed E-state index contributed by atoms with van der Waals surface area (Å²) in [5.41, 5.74) is 7.52. The van der Waals surface area contributed by atoms with Crippen LogP contribution in [0.1, 0.15) is 31.2 Å². The topological polar surface area (TPSA) is 73.6 Å². The minimum Gasteiger partial charge on any atom is -0.381 e. The van der Waals surface area contributed by atoms with Crippen LogP contribution >= 0.6 is 24.2 Å². The number of ether oxygens (including phenoxy) is 2. The Morgan fingerprint density at radius 1 is 1.19 bits per heavy atom. The van der Waals surface area contributed by atoms with Crippen LogP contribution in [0.4, 0.5) is 5.69 Å². The van der Waals surface area contributed by atoms with Crippen LogP contribution < -0.4 is 11.1 Å². The lowest BCUT2D eigenvalue weighted by molar-refractivity contribution is -0.130. The van der Waals surface area contributed by atoms with E-state index in [0.717, 1.165) is 37.5 Å². The number of nitrogens with one attached hydrogen (secondary N) is 1. The maximum absolute atomic E-state index is 12.8. The van der Waals surface area contributed by atoms with E-state index in [4.69, 9.17) is 15.2 Å². The summed E-state index contributed by atoms with van der Waals surface area (Å²) in [5, 5.41) is 3.75. The van der Waals surface area contributed by atoms with E-state index >= 15 is 0 Å². The Morgan fingerprint density at radius 3 is 2.58 bits per heavy atom. The summed E-state index contributed by atoms with van der Waals surface area (Å²) in [6.07, 6.45) is 3.63. The molecular formula is C19H29ClN2O3S. The van der Waals surface area contributed by atoms with Gasteiger partial charge < -0.3 is 20.5 Å². The monoisotopic (exact) mass is 400 g/mol. The third kappa shape index (κ3) is 5.60. The second-order valence-corrected chi connectivity index (χ2v) is 8.16. The number of benzene rings is 1. The lowest BCUT2D eigenvalue weighted by Crippen LogP contribution is -2.46. The Morgan fingerprint density at radius 2 is 1.88 bits per heavy atom. The summed E-state index contributed by atoms with van der Waals surface area (Å²) in [4.78, 5) is 12.8. The van der Waals surface area contributed by atoms with Crippen molar-refractivity contribution in [2.45, 2.75) is 36.7 Å². The molecule has 0 aromatic heterocycles. The normalized spacial score (nSPS) is 20.2. The van der Waals surface area contributed by atoms with E-state index in [-0.39, 0.29) is 18.3 Å². The van der Waals surface area contributed by atoms with Gasteiger partial charge in [-0.05, 0) is 43.4 Å². The van der Waals surface area contributed by atoms with Crippen molar-refractivity contribution in [1.82, 2.24) is 0 Å². The molecule has 26 heavy (non-hydrogen) atoms. The number of hydrogen-bond acceptors (Lipinski definition) is 5. The average molecular weight is 401 g/mol. The van der Waals surface area contributed by atoms with E-state index in [1.165, 1.54) is 5.56 Å². The molecule has 0 saturated carbocycles. The maximum atomic E-state index is 12.8. The molecule has 5 nitrogen and oxygen atoms in total. The molecule has 0 atom stereocenters. The highest BCUT2D eigenvalue weighted by molar-refractivity contribution is 7.99. The number of carbonyl (C=O) groups excluding carboxylic acids is 1. The van der Waals surface area contributed by atoms with Crippen LogP contribution in [-0.4, -0.2) is 44.1 Å². The highest BCUT2D eigenvalue weighted by atomic mass is 35.5. The number of anilines is 1. The first kappa shape index (κ1) is 21.5. The minimum absolute atomic E-state index is 0. The number of thioether (sulfide) groups is 1. The van der Waals surface area contributed by atoms with Gasteiger partial charge in [0.15, 0.2) is 0 Å². The molecule has 0 spiro atoms. The Hall–Kier alpha value is -0.790. The zero-order valence-electron chi connectivity index (χ0n) is 15.1. The molecule has 2 aliphatic heterocycles. The van der Waals surface area contributed by atoms with E-state index in [9.17, 15) is 4.79 Å². The van der Waals surface area contributed by atoms with Crippen molar-refractivity contribution in [3.05, 3.63) is 29.8 Å². The molecule has 1 aromatic rings. The molecule has 0 bridgehead atoms. The highest BCUT2D eigenvalue weighted by Crippen LogP contribution is 2.31. The van der Waals surface area contributed by atoms with Gasteiger partial charge >= 0.3 is 0 Å². The summed E-state index contributed by atoms with van der Waals surface area (Å²) in [5.74, 6) is 0.983. The molecule has 2 aliphatic rings. The van der Waals surface area contributed by atoms with Gasteiger partial charge in [-0.3, -0.25) is 4.79 Å². The first-order chi connectivity index (χ1) is 12.2. The Labute approximate surface area is 166 Å². The van der Waals surface area contributed by atoms with Crippen molar-refractivity contribution < 1.29 is 14.3 Å². The third-order valence-electron chi connectivity index (χ3n) is 5.16. The molecule has 2 fully saturated rings. The van der Waals surface area contributed by atoms with Crippen molar-refractivity contribution in [2.24, 2.45) is 11.1 Å². The van der Waals surface area contributed by atoms with E-state index in [0.29, 0.717) is 37.9 Å². The van der Waals surface area contributed by atoms with Crippen molar-refractivity contribution in [1.29, 1.82) is 0 Å². The summed E-state index contributed by atoms with van der Waals surface area (Å²) in [7, 11) is 0. The lowest BCUT2D eigenvalue weighted by Gasteiger charge is -2.34. The quantitative estimate of drug-likeness (QED) is 0.766. The van der Waals surface area contributed by atoms with Gasteiger partial charge in [0, 0.05) is 49.7 Å². The Bertz CT molecular complexity index is 576. The van der Waals surface area contributed by atoms with Gasteiger partial charge in [-0.25, -0.2) is 0 Å². The maximum Gasteiger partial charge on any atom is 0.232 e. The van der Waals surface area contributed by atoms with Crippen molar-refractivity contribution in [3.8, 4) is 0 Å². The van der Waals surface area contributed by atoms with Crippen LogP contribution in [0.5, 0.6) is 0 Å². The highest BCUT2D eigenvalue weighted by Gasteiger charge is 2.38. The van der Waals surface area contributed by atoms with Crippen LogP contribution in [0.3, 0.4) is 0 Å². The van der Waals surface area contributed by atoms with Crippen LogP contribution in [-0.2, 0) is 20.0 Å². The molecule has 2 saturated heterocycles. The molecule has 0 aliphatic carbocycles. The van der Waals surface area contributed by atoms with Crippen molar-refractivity contribution in [2.75, 3.05) is 38.3 Å². The number of halogens is 1. The van der Waals surface area contributed by atoms with Gasteiger partial charge in [0.2, 0.25) is 5.91 Å². The summed E-state index contributed by atoms with van der Waals surface area (Å²) >= 11 is 1.98. The van der Waals surface area contributed by atoms with Gasteiger partial charge in [-0.2, -0.15) is 11.8 Å². The summed E-state index contributed by atoms with van der Waals surface area (Å²) < 4.78 is 10.8. The van der Waals surface area contributed by atoms with Crippen LogP contribution in [0.25, 0.3) is 0 Å². The number of carbonyl (C=O) groups is 1. The number of nitrogens with two attached hydrogens (primary N) is 1. The standard InChI is InChI=1S/C19H28N2O3S.ClH/c20-14-19(6-10-24-11-7-19)18(22)21-16-3-1-2-15(12-16)13-25-17-4-8-23-9-5-17;/h1-3,12,17H,4-11,13-14,20H2,(H,21,22);1H. The smallest absolute Gasteiger partial charge is 0.232 e. The second-order valence-electron chi connectivity index (χ2n) is 6.87. The van der Waals surface area contributed by atoms with E-state index in [2.05, 4.69) is 17.4 Å². The Balaban J connectivity index is 0.00000243. The molecule has 0 radical (unpaired) electrons. The number of hydrogen-bond donors (Lipinski definition) is 2. The fourth-order valence-electron chi connectivity index (χ4n) is 3.35. The number of amides is 1. The van der Waals surface area contributed by atoms with Gasteiger partial charge in [-0.1, -0.05) is 12.1 Å². The van der Waals surface area contributed by atoms with Gasteiger partial charge in [-0.15, -0.1) is 12.4 Å². The fourth-order valence-corrected chi connectivity index (χ4v) is 4.48. The summed E-state index contributed by atoms with van der Waals surface area (Å²) in [6.45, 7) is 3.32. The molecule has 0 unspecified atom stereocenters. The predicted octanol–water partition coefficient (Wildman–Crippen LogP) is 3.21. The molecule has 1 aromatic carbocycles. The SMILES string of the molecule is Cl.NCC1(C(=O)Nc2cccc(CSC3CCOCC3)c2)CCOCC1. The average Bonchev–Trinajstić information content (AvgIpc) is 2.68. The van der Waals surface area contributed by atoms with E-state index < -0.39 is 5.41 Å². The number of rotatable bonds is 6. The van der Waals surface area contributed by atoms with Gasteiger partial charge in [0.1, 0.15) is 0 Å². The zero-order chi connectivity index (χ0) is 17.5. The molecular weight excluding hydrogens is 372 g/mol. The molecule has 1 amide bonds. The largest absolute Gasteiger partial charge is 0.381 e. The van der Waals surface area contributed by atoms with Crippen molar-refractivity contribution in [3.63, 3.8) is 0 Å². The second kappa shape index (κ2) is 10.5. The van der Waals surface area contributed by atoms with Gasteiger partial charge in [0.25, 0.3) is 0 Å².